The van der Waals surface area contributed by atoms with Crippen LogP contribution < -0.4 is 20.6 Å². The Balaban J connectivity index is 1.44. The van der Waals surface area contributed by atoms with Gasteiger partial charge in [-0.15, -0.1) is 0 Å². The molecule has 1 saturated heterocycles. The number of aromatic amines is 1. The number of benzene rings is 2. The number of aliphatic hydroxyl groups excluding tert-OH is 1. The third kappa shape index (κ3) is 6.06. The van der Waals surface area contributed by atoms with Crippen molar-refractivity contribution in [1.29, 1.82) is 0 Å². The second-order valence-corrected chi connectivity index (χ2v) is 12.0. The molecule has 39 heavy (non-hydrogen) atoms. The number of anilines is 3. The molecule has 1 aliphatic carbocycles. The topological polar surface area (TPSA) is 137 Å². The summed E-state index contributed by atoms with van der Waals surface area (Å²) in [6, 6.07) is 8.69. The zero-order chi connectivity index (χ0) is 28.0. The van der Waals surface area contributed by atoms with E-state index < -0.39 is 46.7 Å². The average Bonchev–Trinajstić information content (AvgIpc) is 3.54. The molecule has 4 N–H and O–H groups in total. The fraction of sp³-hybridized carbons (Fsp3) is 0.440. The van der Waals surface area contributed by atoms with Gasteiger partial charge in [0.2, 0.25) is 10.0 Å². The molecule has 1 aromatic heterocycles. The number of nitrogens with one attached hydrogen (secondary N) is 3. The minimum absolute atomic E-state index is 0.00486. The van der Waals surface area contributed by atoms with Crippen LogP contribution >= 0.6 is 0 Å². The molecule has 2 fully saturated rings. The van der Waals surface area contributed by atoms with Gasteiger partial charge >= 0.3 is 11.9 Å². The largest absolute Gasteiger partial charge is 0.406 e. The molecule has 1 aliphatic heterocycles. The Kier molecular flexibility index (Phi) is 6.87. The van der Waals surface area contributed by atoms with Gasteiger partial charge in [-0.2, -0.15) is 13.2 Å². The fourth-order valence-electron chi connectivity index (χ4n) is 5.06. The van der Waals surface area contributed by atoms with Crippen LogP contribution in [-0.2, 0) is 16.6 Å². The molecule has 1 saturated carbocycles. The lowest BCUT2D eigenvalue weighted by Gasteiger charge is -2.35. The lowest BCUT2D eigenvalue weighted by Crippen LogP contribution is -2.35. The highest BCUT2D eigenvalue weighted by Gasteiger charge is 2.44. The number of halogens is 3. The van der Waals surface area contributed by atoms with E-state index >= 15 is 0 Å². The number of hydrogen-bond acceptors (Lipinski definition) is 6. The summed E-state index contributed by atoms with van der Waals surface area (Å²) in [7, 11) is -3.79. The van der Waals surface area contributed by atoms with Crippen LogP contribution in [0.15, 0.2) is 41.2 Å². The molecular weight excluding hydrogens is 539 g/mol. The average molecular weight is 568 g/mol. The van der Waals surface area contributed by atoms with Crippen molar-refractivity contribution in [3.8, 4) is 0 Å². The Morgan fingerprint density at radius 2 is 1.74 bits per heavy atom. The quantitative estimate of drug-likeness (QED) is 0.330. The zero-order valence-electron chi connectivity index (χ0n) is 20.8. The Morgan fingerprint density at radius 1 is 1.05 bits per heavy atom. The van der Waals surface area contributed by atoms with E-state index in [-0.39, 0.29) is 28.0 Å². The number of aliphatic hydroxyl groups is 1. The lowest BCUT2D eigenvalue weighted by atomic mass is 9.93. The van der Waals surface area contributed by atoms with Crippen LogP contribution in [0.5, 0.6) is 0 Å². The van der Waals surface area contributed by atoms with Crippen molar-refractivity contribution in [3.63, 3.8) is 0 Å². The summed E-state index contributed by atoms with van der Waals surface area (Å²) in [5, 5.41) is 11.7. The molecule has 0 atom stereocenters. The van der Waals surface area contributed by atoms with Crippen LogP contribution in [0.1, 0.15) is 36.0 Å². The van der Waals surface area contributed by atoms with Crippen molar-refractivity contribution in [2.75, 3.05) is 40.4 Å². The first-order chi connectivity index (χ1) is 18.4. The Labute approximate surface area is 221 Å². The molecule has 0 bridgehead atoms. The molecule has 3 aromatic rings. The maximum absolute atomic E-state index is 13.4. The normalized spacial score (nSPS) is 17.0. The summed E-state index contributed by atoms with van der Waals surface area (Å²) in [6.07, 6.45) is -0.349. The number of H-pyrrole nitrogens is 1. The number of rotatable bonds is 8. The molecule has 5 rings (SSSR count). The summed E-state index contributed by atoms with van der Waals surface area (Å²) in [6.45, 7) is -0.644. The van der Waals surface area contributed by atoms with Gasteiger partial charge in [-0.25, -0.2) is 13.2 Å². The molecule has 0 unspecified atom stereocenters. The monoisotopic (exact) mass is 567 g/mol. The summed E-state index contributed by atoms with van der Waals surface area (Å²) in [5.41, 5.74) is 0.850. The third-order valence-electron chi connectivity index (χ3n) is 7.37. The SMILES string of the molecule is O=C(Nc1ccc2[nH]c(=O)n(CC(F)(F)F)c2c1)c1ccc(NS(=O)(=O)CCO)cc1N1CCC2(CC1)CC2. The standard InChI is InChI=1S/C25H28F3N5O5S/c26-25(27,28)15-33-21-13-16(2-4-19(21)30-23(33)36)29-22(35)18-3-1-17(31-39(37,38)12-11-34)14-20(18)32-9-7-24(5-6-24)8-10-32/h1-4,13-14,31,34H,5-12,15H2,(H,29,35)(H,30,36). The maximum atomic E-state index is 13.4. The summed E-state index contributed by atoms with van der Waals surface area (Å²) in [5.74, 6) is -1.02. The Hall–Kier alpha value is -3.52. The number of carbonyl (C=O) groups excluding carboxylic acids is 1. The second kappa shape index (κ2) is 9.90. The summed E-state index contributed by atoms with van der Waals surface area (Å²) >= 11 is 0. The van der Waals surface area contributed by atoms with E-state index in [2.05, 4.69) is 15.0 Å². The van der Waals surface area contributed by atoms with E-state index in [4.69, 9.17) is 5.11 Å². The van der Waals surface area contributed by atoms with Crippen LogP contribution in [-0.4, -0.2) is 60.6 Å². The highest BCUT2D eigenvalue weighted by atomic mass is 32.2. The Bertz CT molecular complexity index is 1570. The minimum atomic E-state index is -4.61. The molecule has 1 amide bonds. The summed E-state index contributed by atoms with van der Waals surface area (Å²) in [4.78, 5) is 29.9. The first-order valence-corrected chi connectivity index (χ1v) is 14.1. The first-order valence-electron chi connectivity index (χ1n) is 12.5. The zero-order valence-corrected chi connectivity index (χ0v) is 21.7. The number of carbonyl (C=O) groups is 1. The van der Waals surface area contributed by atoms with Crippen LogP contribution in [0.25, 0.3) is 11.0 Å². The van der Waals surface area contributed by atoms with Crippen molar-refractivity contribution in [1.82, 2.24) is 9.55 Å². The van der Waals surface area contributed by atoms with Crippen molar-refractivity contribution >= 4 is 44.0 Å². The molecule has 2 aromatic carbocycles. The fourth-order valence-corrected chi connectivity index (χ4v) is 5.89. The van der Waals surface area contributed by atoms with Gasteiger partial charge in [0.25, 0.3) is 5.91 Å². The highest BCUT2D eigenvalue weighted by molar-refractivity contribution is 7.92. The van der Waals surface area contributed by atoms with Gasteiger partial charge in [-0.05, 0) is 67.5 Å². The number of sulfonamides is 1. The molecule has 14 heteroatoms. The lowest BCUT2D eigenvalue weighted by molar-refractivity contribution is -0.140. The van der Waals surface area contributed by atoms with Gasteiger partial charge in [-0.1, -0.05) is 0 Å². The number of nitrogens with zero attached hydrogens (tertiary/aromatic N) is 2. The first kappa shape index (κ1) is 27.1. The maximum Gasteiger partial charge on any atom is 0.406 e. The van der Waals surface area contributed by atoms with Crippen LogP contribution in [0.3, 0.4) is 0 Å². The number of amides is 1. The molecule has 10 nitrogen and oxygen atoms in total. The molecule has 1 spiro atoms. The van der Waals surface area contributed by atoms with E-state index in [1.807, 2.05) is 4.90 Å². The number of alkyl halides is 3. The number of hydrogen-bond donors (Lipinski definition) is 4. The van der Waals surface area contributed by atoms with Gasteiger partial charge in [0.05, 0.1) is 40.3 Å². The summed E-state index contributed by atoms with van der Waals surface area (Å²) < 4.78 is 66.4. The van der Waals surface area contributed by atoms with Crippen molar-refractivity contribution in [3.05, 3.63) is 52.4 Å². The van der Waals surface area contributed by atoms with Crippen LogP contribution in [0.2, 0.25) is 0 Å². The van der Waals surface area contributed by atoms with Crippen molar-refractivity contribution in [2.45, 2.75) is 38.4 Å². The molecule has 0 radical (unpaired) electrons. The Morgan fingerprint density at radius 3 is 2.38 bits per heavy atom. The van der Waals surface area contributed by atoms with Gasteiger partial charge in [0.15, 0.2) is 0 Å². The molecule has 210 valence electrons. The predicted molar refractivity (Wildman–Crippen MR) is 141 cm³/mol. The van der Waals surface area contributed by atoms with E-state index in [9.17, 15) is 31.2 Å². The number of piperidine rings is 1. The predicted octanol–water partition coefficient (Wildman–Crippen LogP) is 3.26. The van der Waals surface area contributed by atoms with Gasteiger partial charge in [0, 0.05) is 18.8 Å². The van der Waals surface area contributed by atoms with Crippen molar-refractivity contribution < 1.29 is 31.5 Å². The number of aromatic nitrogens is 2. The van der Waals surface area contributed by atoms with E-state index in [0.29, 0.717) is 28.8 Å². The van der Waals surface area contributed by atoms with Crippen molar-refractivity contribution in [2.24, 2.45) is 5.41 Å². The third-order valence-corrected chi connectivity index (χ3v) is 8.63. The molecule has 2 aliphatic rings. The van der Waals surface area contributed by atoms with Crippen LogP contribution in [0, 0.1) is 5.41 Å². The smallest absolute Gasteiger partial charge is 0.395 e. The minimum Gasteiger partial charge on any atom is -0.395 e. The van der Waals surface area contributed by atoms with E-state index in [0.717, 1.165) is 12.8 Å². The van der Waals surface area contributed by atoms with Crippen LogP contribution in [0.4, 0.5) is 30.2 Å². The van der Waals surface area contributed by atoms with E-state index in [1.165, 1.54) is 43.2 Å². The van der Waals surface area contributed by atoms with Gasteiger partial charge in [-0.3, -0.25) is 14.1 Å². The number of imidazole rings is 1. The second-order valence-electron chi connectivity index (χ2n) is 10.2. The molecule has 2 heterocycles. The van der Waals surface area contributed by atoms with Gasteiger partial charge in [0.1, 0.15) is 6.54 Å². The van der Waals surface area contributed by atoms with Gasteiger partial charge < -0.3 is 20.3 Å². The van der Waals surface area contributed by atoms with E-state index in [1.54, 1.807) is 6.07 Å². The highest BCUT2D eigenvalue weighted by Crippen LogP contribution is 2.54. The number of fused-ring (bicyclic) bond motifs is 1. The molecular formula is C25H28F3N5O5S.